The number of phenolic OH excluding ortho intramolecular Hbond substituents is 2. The zero-order valence-corrected chi connectivity index (χ0v) is 28.0. The molecule has 2 heteroatoms. The lowest BCUT2D eigenvalue weighted by atomic mass is 9.75. The number of rotatable bonds is 11. The summed E-state index contributed by atoms with van der Waals surface area (Å²) in [6.07, 6.45) is 8.86. The van der Waals surface area contributed by atoms with Crippen LogP contribution in [0.4, 0.5) is 0 Å². The number of hydrogen-bond donors (Lipinski definition) is 2. The summed E-state index contributed by atoms with van der Waals surface area (Å²) in [4.78, 5) is 0. The van der Waals surface area contributed by atoms with Gasteiger partial charge >= 0.3 is 0 Å². The van der Waals surface area contributed by atoms with Gasteiger partial charge in [0.15, 0.2) is 0 Å². The van der Waals surface area contributed by atoms with E-state index in [0.29, 0.717) is 0 Å². The largest absolute Gasteiger partial charge is 0.508 e. The molecule has 2 N–H and O–H groups in total. The topological polar surface area (TPSA) is 40.5 Å². The van der Waals surface area contributed by atoms with E-state index >= 15 is 0 Å². The normalized spacial score (nSPS) is 12.9. The van der Waals surface area contributed by atoms with Crippen molar-refractivity contribution in [3.05, 3.63) is 145 Å². The second-order valence-corrected chi connectivity index (χ2v) is 13.6. The van der Waals surface area contributed by atoms with Crippen LogP contribution < -0.4 is 0 Å². The molecule has 1 aliphatic rings. The van der Waals surface area contributed by atoms with E-state index in [1.54, 1.807) is 24.3 Å². The highest BCUT2D eigenvalue weighted by molar-refractivity contribution is 5.86. The van der Waals surface area contributed by atoms with Gasteiger partial charge in [-0.3, -0.25) is 0 Å². The van der Waals surface area contributed by atoms with E-state index in [2.05, 4.69) is 98.8 Å². The zero-order chi connectivity index (χ0) is 33.1. The Balaban J connectivity index is 1.21. The molecule has 0 heterocycles. The average molecular weight is 629 g/mol. The lowest BCUT2D eigenvalue weighted by Gasteiger charge is -2.28. The maximum Gasteiger partial charge on any atom is 0.115 e. The highest BCUT2D eigenvalue weighted by atomic mass is 16.3. The Morgan fingerprint density at radius 2 is 0.708 bits per heavy atom. The van der Waals surface area contributed by atoms with Gasteiger partial charge in [-0.05, 0) is 110 Å². The Hall–Kier alpha value is -5.08. The number of phenols is 2. The van der Waals surface area contributed by atoms with Gasteiger partial charge < -0.3 is 10.2 Å². The molecule has 0 aromatic heterocycles. The van der Waals surface area contributed by atoms with Crippen molar-refractivity contribution in [2.24, 2.45) is 0 Å². The van der Waals surface area contributed by atoms with E-state index in [0.717, 1.165) is 28.7 Å². The lowest BCUT2D eigenvalue weighted by molar-refractivity contribution is 0.475. The second kappa shape index (κ2) is 13.6. The van der Waals surface area contributed by atoms with Crippen LogP contribution in [-0.4, -0.2) is 10.2 Å². The first-order chi connectivity index (χ1) is 23.4. The lowest BCUT2D eigenvalue weighted by Crippen LogP contribution is -2.20. The average Bonchev–Trinajstić information content (AvgIpc) is 3.37. The van der Waals surface area contributed by atoms with Crippen molar-refractivity contribution in [2.75, 3.05) is 0 Å². The van der Waals surface area contributed by atoms with E-state index in [1.165, 1.54) is 83.0 Å². The van der Waals surface area contributed by atoms with E-state index in [9.17, 15) is 10.2 Å². The maximum atomic E-state index is 9.71. The minimum absolute atomic E-state index is 0.0700. The SMILES string of the molecule is CCCCCCCCC1(C)c2cc(-c3ccc(-c4ccc(O)cc4)cc3)ccc2-c2ccc(-c3ccc(-c4ccc(O)cc4)cc3)cc21. The molecule has 7 rings (SSSR count). The van der Waals surface area contributed by atoms with Crippen molar-refractivity contribution in [2.45, 2.75) is 64.2 Å². The summed E-state index contributed by atoms with van der Waals surface area (Å²) < 4.78 is 0. The van der Waals surface area contributed by atoms with Crippen LogP contribution in [0.5, 0.6) is 11.5 Å². The molecule has 0 aliphatic heterocycles. The molecule has 240 valence electrons. The Morgan fingerprint density at radius 1 is 0.396 bits per heavy atom. The monoisotopic (exact) mass is 628 g/mol. The van der Waals surface area contributed by atoms with Gasteiger partial charge in [0.25, 0.3) is 0 Å². The van der Waals surface area contributed by atoms with Gasteiger partial charge in [-0.1, -0.05) is 149 Å². The van der Waals surface area contributed by atoms with Crippen molar-refractivity contribution in [1.29, 1.82) is 0 Å². The molecule has 6 aromatic rings. The molecule has 2 nitrogen and oxygen atoms in total. The van der Waals surface area contributed by atoms with Crippen molar-refractivity contribution >= 4 is 0 Å². The van der Waals surface area contributed by atoms with Crippen LogP contribution in [0.15, 0.2) is 133 Å². The number of hydrogen-bond acceptors (Lipinski definition) is 2. The summed E-state index contributed by atoms with van der Waals surface area (Å²) in [6.45, 7) is 4.75. The quantitative estimate of drug-likeness (QED) is 0.140. The molecule has 6 aromatic carbocycles. The summed E-state index contributed by atoms with van der Waals surface area (Å²) >= 11 is 0. The van der Waals surface area contributed by atoms with E-state index in [1.807, 2.05) is 24.3 Å². The van der Waals surface area contributed by atoms with Crippen LogP contribution in [0.25, 0.3) is 55.6 Å². The predicted molar refractivity (Wildman–Crippen MR) is 201 cm³/mol. The van der Waals surface area contributed by atoms with Crippen LogP contribution in [-0.2, 0) is 5.41 Å². The Bertz CT molecular complexity index is 1860. The standard InChI is InChI=1S/C46H44O2/c1-3-4-5-6-7-8-29-46(2)44-30-38(36-13-9-32(10-14-36)34-17-23-40(47)24-18-34)21-27-42(44)43-28-22-39(31-45(43)46)37-15-11-33(12-16-37)35-19-25-41(48)26-20-35/h9-28,30-31,47-48H,3-8,29H2,1-2H3. The van der Waals surface area contributed by atoms with Crippen LogP contribution in [0.1, 0.15) is 69.9 Å². The van der Waals surface area contributed by atoms with Crippen molar-refractivity contribution < 1.29 is 10.2 Å². The van der Waals surface area contributed by atoms with Crippen molar-refractivity contribution in [3.63, 3.8) is 0 Å². The summed E-state index contributed by atoms with van der Waals surface area (Å²) in [5.74, 6) is 0.573. The summed E-state index contributed by atoms with van der Waals surface area (Å²) in [5, 5.41) is 19.4. The van der Waals surface area contributed by atoms with Gasteiger partial charge in [-0.15, -0.1) is 0 Å². The van der Waals surface area contributed by atoms with Crippen LogP contribution in [0, 0.1) is 0 Å². The van der Waals surface area contributed by atoms with Crippen LogP contribution >= 0.6 is 0 Å². The minimum atomic E-state index is -0.0700. The summed E-state index contributed by atoms with van der Waals surface area (Å²) in [7, 11) is 0. The third kappa shape index (κ3) is 6.28. The molecule has 0 saturated heterocycles. The third-order valence-corrected chi connectivity index (χ3v) is 10.4. The van der Waals surface area contributed by atoms with Crippen LogP contribution in [0.3, 0.4) is 0 Å². The first-order valence-electron chi connectivity index (χ1n) is 17.5. The molecule has 0 spiro atoms. The molecule has 1 aliphatic carbocycles. The molecule has 0 saturated carbocycles. The van der Waals surface area contributed by atoms with Gasteiger partial charge in [0, 0.05) is 5.41 Å². The molecular formula is C46H44O2. The number of unbranched alkanes of at least 4 members (excludes halogenated alkanes) is 5. The smallest absolute Gasteiger partial charge is 0.115 e. The molecule has 0 radical (unpaired) electrons. The maximum absolute atomic E-state index is 9.71. The Morgan fingerprint density at radius 3 is 1.10 bits per heavy atom. The van der Waals surface area contributed by atoms with Gasteiger partial charge in [0.2, 0.25) is 0 Å². The van der Waals surface area contributed by atoms with E-state index < -0.39 is 0 Å². The van der Waals surface area contributed by atoms with Crippen molar-refractivity contribution in [3.8, 4) is 67.1 Å². The van der Waals surface area contributed by atoms with Crippen molar-refractivity contribution in [1.82, 2.24) is 0 Å². The van der Waals surface area contributed by atoms with Gasteiger partial charge in [0.05, 0.1) is 0 Å². The number of fused-ring (bicyclic) bond motifs is 3. The first-order valence-corrected chi connectivity index (χ1v) is 17.5. The molecule has 48 heavy (non-hydrogen) atoms. The zero-order valence-electron chi connectivity index (χ0n) is 28.0. The number of benzene rings is 6. The Kier molecular flexibility index (Phi) is 8.91. The number of aromatic hydroxyl groups is 2. The predicted octanol–water partition coefficient (Wildman–Crippen LogP) is 12.8. The molecule has 0 amide bonds. The molecule has 0 bridgehead atoms. The molecule has 0 atom stereocenters. The Labute approximate surface area is 285 Å². The fraction of sp³-hybridized carbons (Fsp3) is 0.217. The molecule has 0 fully saturated rings. The highest BCUT2D eigenvalue weighted by Gasteiger charge is 2.39. The van der Waals surface area contributed by atoms with Crippen LogP contribution in [0.2, 0.25) is 0 Å². The molecular weight excluding hydrogens is 585 g/mol. The summed E-state index contributed by atoms with van der Waals surface area (Å²) in [6, 6.07) is 46.6. The van der Waals surface area contributed by atoms with E-state index in [-0.39, 0.29) is 16.9 Å². The molecule has 0 unspecified atom stereocenters. The van der Waals surface area contributed by atoms with E-state index in [4.69, 9.17) is 0 Å². The van der Waals surface area contributed by atoms with Gasteiger partial charge in [-0.25, -0.2) is 0 Å². The second-order valence-electron chi connectivity index (χ2n) is 13.6. The summed E-state index contributed by atoms with van der Waals surface area (Å²) in [5.41, 5.74) is 14.9. The minimum Gasteiger partial charge on any atom is -0.508 e. The third-order valence-electron chi connectivity index (χ3n) is 10.4. The first kappa shape index (κ1) is 31.5. The highest BCUT2D eigenvalue weighted by Crippen LogP contribution is 2.53. The van der Waals surface area contributed by atoms with Gasteiger partial charge in [0.1, 0.15) is 11.5 Å². The van der Waals surface area contributed by atoms with Gasteiger partial charge in [-0.2, -0.15) is 0 Å². The fourth-order valence-corrected chi connectivity index (χ4v) is 7.52. The fourth-order valence-electron chi connectivity index (χ4n) is 7.52.